The number of aromatic hydroxyl groups is 1. The zero-order chi connectivity index (χ0) is 30.5. The number of methoxy groups -OCH3 is 1. The number of H-pyrrole nitrogens is 1. The normalized spacial score (nSPS) is 14.7. The van der Waals surface area contributed by atoms with Crippen LogP contribution in [-0.4, -0.2) is 97.4 Å². The van der Waals surface area contributed by atoms with E-state index in [9.17, 15) is 14.7 Å². The van der Waals surface area contributed by atoms with E-state index in [-0.39, 0.29) is 23.7 Å². The Labute approximate surface area is 249 Å². The molecule has 1 aliphatic rings. The Bertz CT molecular complexity index is 1660. The van der Waals surface area contributed by atoms with Crippen LogP contribution in [-0.2, 0) is 9.47 Å². The molecule has 0 amide bonds. The Morgan fingerprint density at radius 2 is 1.77 bits per heavy atom. The first-order valence-corrected chi connectivity index (χ1v) is 14.1. The van der Waals surface area contributed by atoms with Gasteiger partial charge in [-0.2, -0.15) is 0 Å². The van der Waals surface area contributed by atoms with Gasteiger partial charge in [0, 0.05) is 55.3 Å². The Morgan fingerprint density at radius 3 is 2.47 bits per heavy atom. The van der Waals surface area contributed by atoms with Crippen LogP contribution in [0.15, 0.2) is 65.7 Å². The summed E-state index contributed by atoms with van der Waals surface area (Å²) in [5, 5.41) is 11.6. The lowest BCUT2D eigenvalue weighted by atomic mass is 9.98. The van der Waals surface area contributed by atoms with Gasteiger partial charge in [0.15, 0.2) is 11.7 Å². The second kappa shape index (κ2) is 13.3. The van der Waals surface area contributed by atoms with Crippen molar-refractivity contribution >= 4 is 34.1 Å². The number of ether oxygens (including phenoxy) is 2. The van der Waals surface area contributed by atoms with Crippen molar-refractivity contribution in [2.45, 2.75) is 6.92 Å². The number of Topliss-reactive ketones (excluding diaryl/α,β-unsaturated/α-hetero) is 1. The molecule has 3 aromatic carbocycles. The third-order valence-electron chi connectivity index (χ3n) is 7.69. The van der Waals surface area contributed by atoms with Crippen LogP contribution in [0.25, 0.3) is 10.9 Å². The molecule has 9 nitrogen and oxygen atoms in total. The highest BCUT2D eigenvalue weighted by molar-refractivity contribution is 6.22. The average Bonchev–Trinajstić information content (AvgIpc) is 3.32. The summed E-state index contributed by atoms with van der Waals surface area (Å²) < 4.78 is 25.7. The second-order valence-electron chi connectivity index (χ2n) is 10.7. The van der Waals surface area contributed by atoms with Crippen molar-refractivity contribution in [3.05, 3.63) is 94.3 Å². The van der Waals surface area contributed by atoms with Gasteiger partial charge in [-0.25, -0.2) is 14.2 Å². The number of ketones is 1. The Morgan fingerprint density at radius 1 is 1.02 bits per heavy atom. The maximum Gasteiger partial charge on any atom is 0.338 e. The molecule has 43 heavy (non-hydrogen) atoms. The number of hydrogen-bond acceptors (Lipinski definition) is 8. The molecule has 0 atom stereocenters. The van der Waals surface area contributed by atoms with Crippen molar-refractivity contribution in [3.63, 3.8) is 0 Å². The number of aromatic amines is 1. The number of carbonyl (C=O) groups excluding carboxylic acids is 2. The molecule has 0 saturated carbocycles. The van der Waals surface area contributed by atoms with E-state index in [2.05, 4.69) is 21.8 Å². The van der Waals surface area contributed by atoms with Gasteiger partial charge in [-0.1, -0.05) is 30.3 Å². The van der Waals surface area contributed by atoms with E-state index in [0.29, 0.717) is 45.5 Å². The minimum Gasteiger partial charge on any atom is -0.494 e. The fourth-order valence-corrected chi connectivity index (χ4v) is 5.20. The summed E-state index contributed by atoms with van der Waals surface area (Å²) in [7, 11) is 3.40. The van der Waals surface area contributed by atoms with Crippen molar-refractivity contribution < 1.29 is 28.6 Å². The summed E-state index contributed by atoms with van der Waals surface area (Å²) in [5.74, 6) is -1.79. The highest BCUT2D eigenvalue weighted by atomic mass is 19.1. The summed E-state index contributed by atoms with van der Waals surface area (Å²) >= 11 is 0. The molecule has 0 spiro atoms. The third-order valence-corrected chi connectivity index (χ3v) is 7.69. The van der Waals surface area contributed by atoms with E-state index in [0.717, 1.165) is 32.7 Å². The van der Waals surface area contributed by atoms with Gasteiger partial charge in [0.25, 0.3) is 0 Å². The number of hydrogen-bond donors (Lipinski definition) is 2. The number of rotatable bonds is 10. The van der Waals surface area contributed by atoms with Crippen LogP contribution in [0.4, 0.5) is 10.1 Å². The fraction of sp³-hybridized carbons (Fsp3) is 0.303. The summed E-state index contributed by atoms with van der Waals surface area (Å²) in [6, 6.07) is 16.8. The molecule has 4 aromatic rings. The predicted molar refractivity (Wildman–Crippen MR) is 163 cm³/mol. The minimum absolute atomic E-state index is 0.0688. The highest BCUT2D eigenvalue weighted by Gasteiger charge is 2.22. The number of aryl methyl sites for hydroxylation is 1. The van der Waals surface area contributed by atoms with Crippen LogP contribution in [0, 0.1) is 12.7 Å². The Kier molecular flexibility index (Phi) is 9.30. The molecule has 2 heterocycles. The molecular weight excluding hydrogens is 551 g/mol. The second-order valence-corrected chi connectivity index (χ2v) is 10.7. The average molecular weight is 587 g/mol. The van der Waals surface area contributed by atoms with Crippen LogP contribution in [0.2, 0.25) is 0 Å². The van der Waals surface area contributed by atoms with Gasteiger partial charge in [0.2, 0.25) is 0 Å². The smallest absolute Gasteiger partial charge is 0.338 e. The number of aliphatic imine (C=N–C) groups is 1. The first-order chi connectivity index (χ1) is 20.7. The molecule has 1 saturated heterocycles. The van der Waals surface area contributed by atoms with E-state index >= 15 is 4.39 Å². The monoisotopic (exact) mass is 586 g/mol. The largest absolute Gasteiger partial charge is 0.494 e. The van der Waals surface area contributed by atoms with Crippen LogP contribution < -0.4 is 0 Å². The molecular formula is C33H35FN4O5. The lowest BCUT2D eigenvalue weighted by Crippen LogP contribution is -2.45. The number of likely N-dealkylation sites (N-methyl/N-ethyl adjacent to an activating group) is 1. The van der Waals surface area contributed by atoms with Gasteiger partial charge in [-0.15, -0.1) is 0 Å². The SMILES string of the molecule is COC(=O)c1cc2[nH]c(O)c(C(=Nc3ccc(C(=O)COCCN4CCN(C)CC4)c(F)c3)c3ccccc3)c2cc1C. The molecule has 1 fully saturated rings. The van der Waals surface area contributed by atoms with E-state index in [1.807, 2.05) is 30.3 Å². The Balaban J connectivity index is 1.40. The van der Waals surface area contributed by atoms with Gasteiger partial charge in [0.1, 0.15) is 12.4 Å². The van der Waals surface area contributed by atoms with Gasteiger partial charge in [0.05, 0.1) is 41.8 Å². The molecule has 10 heteroatoms. The number of esters is 1. The summed E-state index contributed by atoms with van der Waals surface area (Å²) in [6.45, 7) is 6.61. The summed E-state index contributed by atoms with van der Waals surface area (Å²) in [5.41, 5.74) is 3.21. The van der Waals surface area contributed by atoms with Crippen molar-refractivity contribution in [2.24, 2.45) is 4.99 Å². The van der Waals surface area contributed by atoms with Crippen LogP contribution >= 0.6 is 0 Å². The van der Waals surface area contributed by atoms with Crippen LogP contribution in [0.1, 0.15) is 37.4 Å². The highest BCUT2D eigenvalue weighted by Crippen LogP contribution is 2.33. The van der Waals surface area contributed by atoms with Gasteiger partial charge in [-0.3, -0.25) is 9.69 Å². The number of benzene rings is 3. The molecule has 2 N–H and O–H groups in total. The molecule has 224 valence electrons. The fourth-order valence-electron chi connectivity index (χ4n) is 5.20. The van der Waals surface area contributed by atoms with Crippen LogP contribution in [0.3, 0.4) is 0 Å². The van der Waals surface area contributed by atoms with E-state index < -0.39 is 17.6 Å². The molecule has 0 bridgehead atoms. The molecule has 0 aliphatic carbocycles. The van der Waals surface area contributed by atoms with E-state index in [1.54, 1.807) is 25.1 Å². The molecule has 5 rings (SSSR count). The third kappa shape index (κ3) is 6.83. The number of aromatic nitrogens is 1. The molecule has 1 aromatic heterocycles. The predicted octanol–water partition coefficient (Wildman–Crippen LogP) is 4.72. The molecule has 1 aliphatic heterocycles. The summed E-state index contributed by atoms with van der Waals surface area (Å²) in [4.78, 5) is 37.2. The maximum atomic E-state index is 15.2. The van der Waals surface area contributed by atoms with Crippen molar-refractivity contribution in [1.29, 1.82) is 0 Å². The van der Waals surface area contributed by atoms with Crippen molar-refractivity contribution in [2.75, 3.05) is 60.1 Å². The van der Waals surface area contributed by atoms with E-state index in [4.69, 9.17) is 14.5 Å². The van der Waals surface area contributed by atoms with Gasteiger partial charge in [-0.05, 0) is 43.8 Å². The standard InChI is InChI=1S/C33H35FN4O5/c1-21-17-26-28(19-25(21)33(41)42-3)36-32(40)30(26)31(22-7-5-4-6-8-22)35-23-9-10-24(27(34)18-23)29(39)20-43-16-15-38-13-11-37(2)12-14-38/h4-10,17-19,36,40H,11-16,20H2,1-3H3. The number of halogens is 1. The Hall–Kier alpha value is -4.38. The van der Waals surface area contributed by atoms with Gasteiger partial charge >= 0.3 is 5.97 Å². The molecule has 0 radical (unpaired) electrons. The number of nitrogens with one attached hydrogen (secondary N) is 1. The zero-order valence-electron chi connectivity index (χ0n) is 24.5. The van der Waals surface area contributed by atoms with Crippen molar-refractivity contribution in [3.8, 4) is 5.88 Å². The lowest BCUT2D eigenvalue weighted by molar-refractivity contribution is 0.0599. The van der Waals surface area contributed by atoms with Crippen LogP contribution in [0.5, 0.6) is 5.88 Å². The molecule has 0 unspecified atom stereocenters. The van der Waals surface area contributed by atoms with E-state index in [1.165, 1.54) is 19.2 Å². The first kappa shape index (κ1) is 30.1. The zero-order valence-corrected chi connectivity index (χ0v) is 24.5. The minimum atomic E-state index is -0.706. The van der Waals surface area contributed by atoms with Gasteiger partial charge < -0.3 is 24.5 Å². The number of carbonyl (C=O) groups is 2. The lowest BCUT2D eigenvalue weighted by Gasteiger charge is -2.32. The number of fused-ring (bicyclic) bond motifs is 1. The summed E-state index contributed by atoms with van der Waals surface area (Å²) in [6.07, 6.45) is 0. The number of piperazine rings is 1. The maximum absolute atomic E-state index is 15.2. The van der Waals surface area contributed by atoms with Crippen molar-refractivity contribution in [1.82, 2.24) is 14.8 Å². The quantitative estimate of drug-likeness (QED) is 0.120. The topological polar surface area (TPSA) is 107 Å². The number of nitrogens with zero attached hydrogens (tertiary/aromatic N) is 3. The first-order valence-electron chi connectivity index (χ1n) is 14.1.